The lowest BCUT2D eigenvalue weighted by atomic mass is 10.0. The fraction of sp³-hybridized carbons (Fsp3) is 0.250. The third-order valence-electron chi connectivity index (χ3n) is 6.51. The summed E-state index contributed by atoms with van der Waals surface area (Å²) in [5.41, 5.74) is 8.15. The van der Waals surface area contributed by atoms with Gasteiger partial charge in [0.05, 0.1) is 5.69 Å². The Morgan fingerprint density at radius 1 is 0.971 bits per heavy atom. The summed E-state index contributed by atoms with van der Waals surface area (Å²) in [6.07, 6.45) is 1.67. The molecule has 1 N–H and O–H groups in total. The van der Waals surface area contributed by atoms with E-state index >= 15 is 0 Å². The molecule has 2 aromatic carbocycles. The number of nitrogens with zero attached hydrogens (tertiary/aromatic N) is 2. The van der Waals surface area contributed by atoms with Crippen molar-refractivity contribution in [1.82, 2.24) is 9.88 Å². The van der Waals surface area contributed by atoms with Crippen LogP contribution in [0.25, 0.3) is 11.8 Å². The van der Waals surface area contributed by atoms with Crippen LogP contribution in [0.4, 0.5) is 5.69 Å². The number of aromatic nitrogens is 1. The number of hydrogen-bond donors (Lipinski definition) is 1. The zero-order valence-corrected chi connectivity index (χ0v) is 21.2. The molecule has 0 bridgehead atoms. The third-order valence-corrected chi connectivity index (χ3v) is 6.79. The van der Waals surface area contributed by atoms with E-state index in [4.69, 9.17) is 12.2 Å². The number of benzene rings is 2. The average Bonchev–Trinajstić information content (AvgIpc) is 3.06. The van der Waals surface area contributed by atoms with E-state index in [0.29, 0.717) is 11.6 Å². The Hall–Kier alpha value is -3.51. The number of carbonyl (C=O) groups excluding carboxylic acids is 2. The molecule has 174 valence electrons. The topological polar surface area (TPSA) is 54.3 Å². The van der Waals surface area contributed by atoms with Crippen LogP contribution in [-0.2, 0) is 9.59 Å². The Labute approximate surface area is 206 Å². The highest BCUT2D eigenvalue weighted by Gasteiger charge is 2.34. The standard InChI is InChI=1S/C28H29N3O2S/c1-16(2)21-10-12-23(13-11-21)31-27(33)24(26(32)29-28(31)34)15-22-14-18(4)30(20(22)6)25-9-7-8-17(3)19(25)5/h7-16H,1-6H3,(H,29,32,34)/b24-15+. The smallest absolute Gasteiger partial charge is 0.270 e. The Morgan fingerprint density at radius 2 is 1.65 bits per heavy atom. The first-order chi connectivity index (χ1) is 16.1. The molecule has 5 nitrogen and oxygen atoms in total. The molecular weight excluding hydrogens is 442 g/mol. The lowest BCUT2D eigenvalue weighted by Crippen LogP contribution is -2.54. The second-order valence-electron chi connectivity index (χ2n) is 9.09. The summed E-state index contributed by atoms with van der Waals surface area (Å²) in [6.45, 7) is 12.4. The molecule has 1 aliphatic rings. The van der Waals surface area contributed by atoms with Gasteiger partial charge in [0.1, 0.15) is 5.57 Å². The molecule has 1 saturated heterocycles. The maximum absolute atomic E-state index is 13.4. The summed E-state index contributed by atoms with van der Waals surface area (Å²) < 4.78 is 2.16. The van der Waals surface area contributed by atoms with E-state index in [1.165, 1.54) is 16.0 Å². The van der Waals surface area contributed by atoms with E-state index in [0.717, 1.165) is 28.2 Å². The van der Waals surface area contributed by atoms with Gasteiger partial charge in [0.25, 0.3) is 11.8 Å². The van der Waals surface area contributed by atoms with Crippen LogP contribution in [0.2, 0.25) is 0 Å². The average molecular weight is 472 g/mol. The molecule has 1 aromatic heterocycles. The molecule has 3 aromatic rings. The molecule has 1 aliphatic heterocycles. The molecule has 0 unspecified atom stereocenters. The van der Waals surface area contributed by atoms with Gasteiger partial charge in [0.15, 0.2) is 5.11 Å². The molecule has 0 saturated carbocycles. The quantitative estimate of drug-likeness (QED) is 0.303. The molecule has 2 heterocycles. The highest BCUT2D eigenvalue weighted by Crippen LogP contribution is 2.28. The Balaban J connectivity index is 1.75. The van der Waals surface area contributed by atoms with Gasteiger partial charge in [-0.1, -0.05) is 38.1 Å². The molecule has 0 spiro atoms. The van der Waals surface area contributed by atoms with Crippen molar-refractivity contribution < 1.29 is 9.59 Å². The number of carbonyl (C=O) groups is 2. The predicted octanol–water partition coefficient (Wildman–Crippen LogP) is 5.67. The molecule has 6 heteroatoms. The van der Waals surface area contributed by atoms with Crippen LogP contribution in [0.3, 0.4) is 0 Å². The lowest BCUT2D eigenvalue weighted by Gasteiger charge is -2.29. The van der Waals surface area contributed by atoms with Gasteiger partial charge >= 0.3 is 0 Å². The van der Waals surface area contributed by atoms with E-state index in [9.17, 15) is 9.59 Å². The first-order valence-corrected chi connectivity index (χ1v) is 11.8. The molecule has 0 radical (unpaired) electrons. The second kappa shape index (κ2) is 9.03. The maximum atomic E-state index is 13.4. The maximum Gasteiger partial charge on any atom is 0.270 e. The van der Waals surface area contributed by atoms with Gasteiger partial charge in [-0.2, -0.15) is 0 Å². The number of nitrogens with one attached hydrogen (secondary N) is 1. The molecule has 0 aliphatic carbocycles. The highest BCUT2D eigenvalue weighted by molar-refractivity contribution is 7.80. The first kappa shape index (κ1) is 23.6. The Morgan fingerprint density at radius 3 is 2.29 bits per heavy atom. The van der Waals surface area contributed by atoms with Gasteiger partial charge < -0.3 is 4.57 Å². The minimum absolute atomic E-state index is 0.0581. The summed E-state index contributed by atoms with van der Waals surface area (Å²) in [4.78, 5) is 27.6. The zero-order chi connectivity index (χ0) is 24.7. The van der Waals surface area contributed by atoms with Gasteiger partial charge in [0, 0.05) is 17.1 Å². The summed E-state index contributed by atoms with van der Waals surface area (Å²) >= 11 is 5.35. The number of rotatable bonds is 4. The van der Waals surface area contributed by atoms with Gasteiger partial charge in [0.2, 0.25) is 0 Å². The van der Waals surface area contributed by atoms with Crippen LogP contribution in [0.1, 0.15) is 53.4 Å². The Bertz CT molecular complexity index is 1350. The zero-order valence-electron chi connectivity index (χ0n) is 20.4. The monoisotopic (exact) mass is 471 g/mol. The molecule has 34 heavy (non-hydrogen) atoms. The fourth-order valence-corrected chi connectivity index (χ4v) is 4.62. The van der Waals surface area contributed by atoms with Crippen molar-refractivity contribution in [3.05, 3.63) is 87.7 Å². The molecular formula is C28H29N3O2S. The fourth-order valence-electron chi connectivity index (χ4n) is 4.34. The van der Waals surface area contributed by atoms with Gasteiger partial charge in [-0.25, -0.2) is 0 Å². The molecule has 1 fully saturated rings. The number of anilines is 1. The van der Waals surface area contributed by atoms with Crippen LogP contribution >= 0.6 is 12.2 Å². The van der Waals surface area contributed by atoms with Crippen molar-refractivity contribution in [3.63, 3.8) is 0 Å². The van der Waals surface area contributed by atoms with Crippen LogP contribution < -0.4 is 10.2 Å². The number of amides is 2. The van der Waals surface area contributed by atoms with Crippen LogP contribution in [-0.4, -0.2) is 21.5 Å². The summed E-state index contributed by atoms with van der Waals surface area (Å²) in [7, 11) is 0. The minimum Gasteiger partial charge on any atom is -0.318 e. The van der Waals surface area contributed by atoms with Crippen molar-refractivity contribution >= 4 is 40.9 Å². The highest BCUT2D eigenvalue weighted by atomic mass is 32.1. The normalized spacial score (nSPS) is 15.4. The van der Waals surface area contributed by atoms with Crippen molar-refractivity contribution in [2.45, 2.75) is 47.5 Å². The minimum atomic E-state index is -0.485. The van der Waals surface area contributed by atoms with Gasteiger partial charge in [-0.15, -0.1) is 0 Å². The SMILES string of the molecule is Cc1cccc(-n2c(C)cc(/C=C3\C(=O)NC(=S)N(c4ccc(C(C)C)cc4)C3=O)c2C)c1C. The van der Waals surface area contributed by atoms with E-state index in [-0.39, 0.29) is 10.7 Å². The molecule has 2 amide bonds. The van der Waals surface area contributed by atoms with Gasteiger partial charge in [-0.05, 0) is 98.4 Å². The van der Waals surface area contributed by atoms with Gasteiger partial charge in [-0.3, -0.25) is 19.8 Å². The van der Waals surface area contributed by atoms with E-state index < -0.39 is 11.8 Å². The molecule has 0 atom stereocenters. The molecule has 4 rings (SSSR count). The van der Waals surface area contributed by atoms with E-state index in [1.54, 1.807) is 6.08 Å². The second-order valence-corrected chi connectivity index (χ2v) is 9.47. The van der Waals surface area contributed by atoms with Crippen LogP contribution in [0.15, 0.2) is 54.1 Å². The van der Waals surface area contributed by atoms with E-state index in [1.807, 2.05) is 50.2 Å². The van der Waals surface area contributed by atoms with E-state index in [2.05, 4.69) is 49.7 Å². The number of aryl methyl sites for hydroxylation is 2. The van der Waals surface area contributed by atoms with Crippen molar-refractivity contribution in [2.24, 2.45) is 0 Å². The van der Waals surface area contributed by atoms with Crippen LogP contribution in [0, 0.1) is 27.7 Å². The van der Waals surface area contributed by atoms with Crippen molar-refractivity contribution in [3.8, 4) is 5.69 Å². The number of hydrogen-bond acceptors (Lipinski definition) is 3. The number of thiocarbonyl (C=S) groups is 1. The predicted molar refractivity (Wildman–Crippen MR) is 141 cm³/mol. The van der Waals surface area contributed by atoms with Crippen molar-refractivity contribution in [1.29, 1.82) is 0 Å². The largest absolute Gasteiger partial charge is 0.318 e. The summed E-state index contributed by atoms with van der Waals surface area (Å²) in [5, 5.41) is 2.77. The summed E-state index contributed by atoms with van der Waals surface area (Å²) in [6, 6.07) is 15.9. The van der Waals surface area contributed by atoms with Crippen LogP contribution in [0.5, 0.6) is 0 Å². The Kier molecular flexibility index (Phi) is 6.28. The third kappa shape index (κ3) is 4.10. The lowest BCUT2D eigenvalue weighted by molar-refractivity contribution is -0.122. The summed E-state index contributed by atoms with van der Waals surface area (Å²) in [5.74, 6) is -0.537. The first-order valence-electron chi connectivity index (χ1n) is 11.4. The van der Waals surface area contributed by atoms with Crippen molar-refractivity contribution in [2.75, 3.05) is 4.90 Å².